The Kier molecular flexibility index (Phi) is 4.50. The van der Waals surface area contributed by atoms with Crippen LogP contribution < -0.4 is 10.1 Å². The number of aromatic nitrogens is 2. The zero-order valence-electron chi connectivity index (χ0n) is 11.3. The van der Waals surface area contributed by atoms with Crippen LogP contribution >= 0.6 is 0 Å². The number of aromatic amines is 1. The van der Waals surface area contributed by atoms with Crippen molar-refractivity contribution in [3.63, 3.8) is 0 Å². The van der Waals surface area contributed by atoms with Gasteiger partial charge in [0.05, 0.1) is 4.92 Å². The first-order chi connectivity index (χ1) is 10.1. The molecule has 0 aliphatic rings. The van der Waals surface area contributed by atoms with Gasteiger partial charge in [-0.2, -0.15) is 5.10 Å². The molecule has 0 radical (unpaired) electrons. The Morgan fingerprint density at radius 1 is 1.43 bits per heavy atom. The van der Waals surface area contributed by atoms with Crippen LogP contribution in [-0.2, 0) is 11.2 Å². The molecule has 2 aromatic rings. The molecule has 2 N–H and O–H groups in total. The Bertz CT molecular complexity index is 636. The Labute approximate surface area is 120 Å². The van der Waals surface area contributed by atoms with Crippen LogP contribution in [0.5, 0.6) is 5.75 Å². The Hall–Kier alpha value is -2.90. The molecule has 1 aromatic heterocycles. The van der Waals surface area contributed by atoms with E-state index in [0.29, 0.717) is 11.6 Å². The van der Waals surface area contributed by atoms with Gasteiger partial charge >= 0.3 is 0 Å². The Morgan fingerprint density at radius 2 is 2.14 bits per heavy atom. The van der Waals surface area contributed by atoms with Crippen molar-refractivity contribution in [2.24, 2.45) is 0 Å². The molecule has 110 valence electrons. The van der Waals surface area contributed by atoms with E-state index in [2.05, 4.69) is 15.5 Å². The number of nitro groups is 1. The number of non-ortho nitro benzene ring substituents is 1. The van der Waals surface area contributed by atoms with Gasteiger partial charge in [0.2, 0.25) is 0 Å². The molecule has 1 amide bonds. The molecule has 0 bridgehead atoms. The predicted molar refractivity (Wildman–Crippen MR) is 75.2 cm³/mol. The highest BCUT2D eigenvalue weighted by Gasteiger charge is 2.08. The summed E-state index contributed by atoms with van der Waals surface area (Å²) in [6.07, 6.45) is 0.794. The van der Waals surface area contributed by atoms with Crippen LogP contribution in [0.4, 0.5) is 11.5 Å². The van der Waals surface area contributed by atoms with Crippen molar-refractivity contribution in [3.8, 4) is 5.75 Å². The molecule has 0 saturated carbocycles. The SMILES string of the molecule is CCc1cc(NC(=O)COc2ccc([N+](=O)[O-])cc2)n[nH]1. The maximum atomic E-state index is 11.7. The Balaban J connectivity index is 1.84. The number of hydrogen-bond acceptors (Lipinski definition) is 5. The zero-order chi connectivity index (χ0) is 15.2. The van der Waals surface area contributed by atoms with Crippen LogP contribution in [0.15, 0.2) is 30.3 Å². The lowest BCUT2D eigenvalue weighted by Crippen LogP contribution is -2.20. The lowest BCUT2D eigenvalue weighted by Gasteiger charge is -2.05. The molecular formula is C13H14N4O4. The fourth-order valence-electron chi connectivity index (χ4n) is 1.60. The van der Waals surface area contributed by atoms with Gasteiger partial charge in [-0.05, 0) is 18.6 Å². The van der Waals surface area contributed by atoms with E-state index in [1.54, 1.807) is 6.07 Å². The number of hydrogen-bond donors (Lipinski definition) is 2. The minimum absolute atomic E-state index is 0.0320. The maximum Gasteiger partial charge on any atom is 0.269 e. The summed E-state index contributed by atoms with van der Waals surface area (Å²) in [7, 11) is 0. The second kappa shape index (κ2) is 6.51. The first-order valence-corrected chi connectivity index (χ1v) is 6.30. The zero-order valence-corrected chi connectivity index (χ0v) is 11.3. The number of carbonyl (C=O) groups excluding carboxylic acids is 1. The van der Waals surface area contributed by atoms with Crippen molar-refractivity contribution in [3.05, 3.63) is 46.1 Å². The average Bonchev–Trinajstić information content (AvgIpc) is 2.93. The fraction of sp³-hybridized carbons (Fsp3) is 0.231. The normalized spacial score (nSPS) is 10.1. The van der Waals surface area contributed by atoms with E-state index < -0.39 is 4.92 Å². The predicted octanol–water partition coefficient (Wildman–Crippen LogP) is 1.90. The number of H-pyrrole nitrogens is 1. The molecule has 0 fully saturated rings. The largest absolute Gasteiger partial charge is 0.484 e. The monoisotopic (exact) mass is 290 g/mol. The number of benzene rings is 1. The van der Waals surface area contributed by atoms with E-state index in [1.165, 1.54) is 24.3 Å². The van der Waals surface area contributed by atoms with Crippen LogP contribution in [0, 0.1) is 10.1 Å². The summed E-state index contributed by atoms with van der Waals surface area (Å²) in [6.45, 7) is 1.77. The molecule has 0 unspecified atom stereocenters. The van der Waals surface area contributed by atoms with Gasteiger partial charge in [0.25, 0.3) is 11.6 Å². The van der Waals surface area contributed by atoms with Crippen LogP contribution in [0.2, 0.25) is 0 Å². The molecule has 0 atom stereocenters. The van der Waals surface area contributed by atoms with E-state index in [0.717, 1.165) is 12.1 Å². The minimum atomic E-state index is -0.501. The van der Waals surface area contributed by atoms with Crippen LogP contribution in [0.3, 0.4) is 0 Å². The van der Waals surface area contributed by atoms with Gasteiger partial charge in [-0.15, -0.1) is 0 Å². The quantitative estimate of drug-likeness (QED) is 0.623. The summed E-state index contributed by atoms with van der Waals surface area (Å²) >= 11 is 0. The number of rotatable bonds is 6. The number of nitro benzene ring substituents is 1. The number of nitrogens with zero attached hydrogens (tertiary/aromatic N) is 2. The number of carbonyl (C=O) groups is 1. The molecule has 1 aromatic carbocycles. The van der Waals surface area contributed by atoms with Crippen LogP contribution in [-0.4, -0.2) is 27.6 Å². The maximum absolute atomic E-state index is 11.7. The highest BCUT2D eigenvalue weighted by Crippen LogP contribution is 2.17. The van der Waals surface area contributed by atoms with E-state index in [1.807, 2.05) is 6.92 Å². The van der Waals surface area contributed by atoms with Crippen molar-refractivity contribution in [1.82, 2.24) is 10.2 Å². The summed E-state index contributed by atoms with van der Waals surface area (Å²) in [5.41, 5.74) is 0.886. The first-order valence-electron chi connectivity index (χ1n) is 6.30. The standard InChI is InChI=1S/C13H14N4O4/c1-2-9-7-12(16-15-9)14-13(18)8-21-11-5-3-10(4-6-11)17(19)20/h3-7H,2,8H2,1H3,(H2,14,15,16,18). The summed E-state index contributed by atoms with van der Waals surface area (Å²) in [5.74, 6) is 0.457. The van der Waals surface area contributed by atoms with Gasteiger partial charge in [-0.3, -0.25) is 20.0 Å². The van der Waals surface area contributed by atoms with E-state index >= 15 is 0 Å². The molecule has 2 rings (SSSR count). The third kappa shape index (κ3) is 4.03. The van der Waals surface area contributed by atoms with Gasteiger partial charge in [0.1, 0.15) is 5.75 Å². The van der Waals surface area contributed by atoms with Crippen molar-refractivity contribution in [1.29, 1.82) is 0 Å². The van der Waals surface area contributed by atoms with Gasteiger partial charge in [-0.25, -0.2) is 0 Å². The number of anilines is 1. The molecule has 21 heavy (non-hydrogen) atoms. The van der Waals surface area contributed by atoms with Crippen molar-refractivity contribution < 1.29 is 14.5 Å². The van der Waals surface area contributed by atoms with Crippen LogP contribution in [0.25, 0.3) is 0 Å². The molecule has 0 saturated heterocycles. The van der Waals surface area contributed by atoms with Gasteiger partial charge in [0, 0.05) is 23.9 Å². The lowest BCUT2D eigenvalue weighted by atomic mass is 10.3. The molecular weight excluding hydrogens is 276 g/mol. The summed E-state index contributed by atoms with van der Waals surface area (Å²) in [4.78, 5) is 21.7. The van der Waals surface area contributed by atoms with E-state index in [4.69, 9.17) is 4.74 Å². The third-order valence-corrected chi connectivity index (χ3v) is 2.70. The summed E-state index contributed by atoms with van der Waals surface area (Å²) in [5, 5.41) is 19.8. The second-order valence-electron chi connectivity index (χ2n) is 4.22. The number of aryl methyl sites for hydroxylation is 1. The highest BCUT2D eigenvalue weighted by molar-refractivity contribution is 5.90. The Morgan fingerprint density at radius 3 is 2.71 bits per heavy atom. The molecule has 0 aliphatic heterocycles. The minimum Gasteiger partial charge on any atom is -0.484 e. The highest BCUT2D eigenvalue weighted by atomic mass is 16.6. The topological polar surface area (TPSA) is 110 Å². The van der Waals surface area contributed by atoms with E-state index in [9.17, 15) is 14.9 Å². The molecule has 1 heterocycles. The van der Waals surface area contributed by atoms with E-state index in [-0.39, 0.29) is 18.2 Å². The number of ether oxygens (including phenoxy) is 1. The fourth-order valence-corrected chi connectivity index (χ4v) is 1.60. The van der Waals surface area contributed by atoms with Gasteiger partial charge in [-0.1, -0.05) is 6.92 Å². The molecule has 0 aliphatic carbocycles. The lowest BCUT2D eigenvalue weighted by molar-refractivity contribution is -0.384. The third-order valence-electron chi connectivity index (χ3n) is 2.70. The molecule has 8 nitrogen and oxygen atoms in total. The van der Waals surface area contributed by atoms with Crippen molar-refractivity contribution >= 4 is 17.4 Å². The second-order valence-corrected chi connectivity index (χ2v) is 4.22. The van der Waals surface area contributed by atoms with Crippen LogP contribution in [0.1, 0.15) is 12.6 Å². The van der Waals surface area contributed by atoms with Crippen molar-refractivity contribution in [2.45, 2.75) is 13.3 Å². The smallest absolute Gasteiger partial charge is 0.269 e. The summed E-state index contributed by atoms with van der Waals surface area (Å²) in [6, 6.07) is 7.25. The summed E-state index contributed by atoms with van der Waals surface area (Å²) < 4.78 is 5.24. The van der Waals surface area contributed by atoms with Gasteiger partial charge < -0.3 is 10.1 Å². The van der Waals surface area contributed by atoms with Gasteiger partial charge in [0.15, 0.2) is 12.4 Å². The van der Waals surface area contributed by atoms with Crippen molar-refractivity contribution in [2.75, 3.05) is 11.9 Å². The number of amides is 1. The number of nitrogens with one attached hydrogen (secondary N) is 2. The molecule has 8 heteroatoms. The molecule has 0 spiro atoms. The average molecular weight is 290 g/mol. The first kappa shape index (κ1) is 14.5.